The van der Waals surface area contributed by atoms with E-state index in [1.165, 1.54) is 0 Å². The molecule has 1 aliphatic carbocycles. The first-order valence-electron chi connectivity index (χ1n) is 5.05. The molecule has 0 bridgehead atoms. The molecule has 14 heavy (non-hydrogen) atoms. The Kier molecular flexibility index (Phi) is 3.75. The zero-order valence-electron chi connectivity index (χ0n) is 8.51. The minimum atomic E-state index is -3.48. The van der Waals surface area contributed by atoms with E-state index in [9.17, 15) is 13.9 Å². The third-order valence-electron chi connectivity index (χ3n) is 3.00. The zero-order valence-corrected chi connectivity index (χ0v) is 9.27. The first-order chi connectivity index (χ1) is 6.30. The lowest BCUT2D eigenvalue weighted by atomic mass is 9.74. The molecular formula is C10H17ClF2O. The quantitative estimate of drug-likeness (QED) is 0.717. The molecule has 3 atom stereocenters. The first kappa shape index (κ1) is 12.2. The minimum Gasteiger partial charge on any atom is -0.385 e. The monoisotopic (exact) mass is 226 g/mol. The highest BCUT2D eigenvalue weighted by atomic mass is 35.5. The van der Waals surface area contributed by atoms with Crippen molar-refractivity contribution in [1.82, 2.24) is 0 Å². The molecular weight excluding hydrogens is 210 g/mol. The fraction of sp³-hybridized carbons (Fsp3) is 1.00. The Bertz CT molecular complexity index is 183. The largest absolute Gasteiger partial charge is 0.385 e. The highest BCUT2D eigenvalue weighted by Gasteiger charge is 2.43. The van der Waals surface area contributed by atoms with E-state index in [0.717, 1.165) is 6.42 Å². The molecule has 1 nitrogen and oxygen atoms in total. The highest BCUT2D eigenvalue weighted by molar-refractivity contribution is 6.22. The molecule has 84 valence electrons. The van der Waals surface area contributed by atoms with Crippen LogP contribution in [0.1, 0.15) is 33.1 Å². The number of rotatable bonds is 2. The smallest absolute Gasteiger partial charge is 0.347 e. The summed E-state index contributed by atoms with van der Waals surface area (Å²) in [4.78, 5) is 0. The first-order valence-corrected chi connectivity index (χ1v) is 5.43. The molecule has 0 aromatic heterocycles. The van der Waals surface area contributed by atoms with Gasteiger partial charge in [-0.15, -0.1) is 0 Å². The maximum atomic E-state index is 12.7. The molecule has 1 N–H and O–H groups in total. The molecule has 0 aromatic carbocycles. The lowest BCUT2D eigenvalue weighted by molar-refractivity contribution is -0.0856. The van der Waals surface area contributed by atoms with Gasteiger partial charge in [0, 0.05) is 0 Å². The second-order valence-corrected chi connectivity index (χ2v) is 5.17. The van der Waals surface area contributed by atoms with Crippen molar-refractivity contribution in [3.63, 3.8) is 0 Å². The molecule has 0 heterocycles. The summed E-state index contributed by atoms with van der Waals surface area (Å²) < 4.78 is 25.3. The summed E-state index contributed by atoms with van der Waals surface area (Å²) in [5.41, 5.74) is 0. The van der Waals surface area contributed by atoms with Crippen LogP contribution in [-0.4, -0.2) is 16.6 Å². The Morgan fingerprint density at radius 1 is 1.21 bits per heavy atom. The van der Waals surface area contributed by atoms with Crippen molar-refractivity contribution in [1.29, 1.82) is 0 Å². The average Bonchev–Trinajstić information content (AvgIpc) is 1.99. The van der Waals surface area contributed by atoms with Gasteiger partial charge in [0.25, 0.3) is 0 Å². The molecule has 0 saturated heterocycles. The van der Waals surface area contributed by atoms with Crippen LogP contribution in [-0.2, 0) is 0 Å². The Hall–Kier alpha value is 0.110. The van der Waals surface area contributed by atoms with Crippen LogP contribution in [0.25, 0.3) is 0 Å². The van der Waals surface area contributed by atoms with E-state index < -0.39 is 11.5 Å². The van der Waals surface area contributed by atoms with Gasteiger partial charge in [0.15, 0.2) is 0 Å². The zero-order chi connectivity index (χ0) is 10.9. The summed E-state index contributed by atoms with van der Waals surface area (Å²) >= 11 is 4.83. The van der Waals surface area contributed by atoms with Gasteiger partial charge in [0.05, 0.1) is 0 Å². The molecule has 0 spiro atoms. The number of hydrogen-bond acceptors (Lipinski definition) is 1. The van der Waals surface area contributed by atoms with E-state index in [1.54, 1.807) is 0 Å². The second kappa shape index (κ2) is 4.31. The van der Waals surface area contributed by atoms with Gasteiger partial charge in [-0.1, -0.05) is 13.8 Å². The topological polar surface area (TPSA) is 20.2 Å². The van der Waals surface area contributed by atoms with Crippen molar-refractivity contribution in [2.75, 3.05) is 0 Å². The van der Waals surface area contributed by atoms with Crippen molar-refractivity contribution in [2.45, 2.75) is 44.6 Å². The predicted octanol–water partition coefficient (Wildman–Crippen LogP) is 3.25. The van der Waals surface area contributed by atoms with Crippen molar-refractivity contribution in [2.24, 2.45) is 17.8 Å². The molecule has 0 amide bonds. The fourth-order valence-corrected chi connectivity index (χ4v) is 2.71. The van der Waals surface area contributed by atoms with Crippen LogP contribution in [0.4, 0.5) is 8.78 Å². The van der Waals surface area contributed by atoms with E-state index in [-0.39, 0.29) is 5.92 Å². The minimum absolute atomic E-state index is 0.360. The maximum Gasteiger partial charge on any atom is 0.347 e. The van der Waals surface area contributed by atoms with Gasteiger partial charge in [0.2, 0.25) is 0 Å². The fourth-order valence-electron chi connectivity index (χ4n) is 2.53. The molecule has 0 aromatic rings. The van der Waals surface area contributed by atoms with Crippen LogP contribution < -0.4 is 0 Å². The third kappa shape index (κ3) is 3.06. The van der Waals surface area contributed by atoms with Gasteiger partial charge in [0.1, 0.15) is 6.10 Å². The molecule has 1 aliphatic rings. The van der Waals surface area contributed by atoms with E-state index in [1.807, 2.05) is 13.8 Å². The van der Waals surface area contributed by atoms with E-state index in [0.29, 0.717) is 24.7 Å². The Morgan fingerprint density at radius 3 is 2.00 bits per heavy atom. The number of aliphatic hydroxyl groups excluding tert-OH is 1. The van der Waals surface area contributed by atoms with E-state index >= 15 is 0 Å². The van der Waals surface area contributed by atoms with Gasteiger partial charge < -0.3 is 5.11 Å². The molecule has 0 radical (unpaired) electrons. The summed E-state index contributed by atoms with van der Waals surface area (Å²) in [5.74, 6) is 0.441. The van der Waals surface area contributed by atoms with Gasteiger partial charge in [-0.2, -0.15) is 8.78 Å². The van der Waals surface area contributed by atoms with Gasteiger partial charge in [-0.05, 0) is 48.6 Å². The summed E-state index contributed by atoms with van der Waals surface area (Å²) in [6, 6.07) is 0. The summed E-state index contributed by atoms with van der Waals surface area (Å²) in [6.45, 7) is 4.06. The predicted molar refractivity (Wildman–Crippen MR) is 52.5 cm³/mol. The van der Waals surface area contributed by atoms with Crippen LogP contribution in [0.5, 0.6) is 0 Å². The molecule has 3 unspecified atom stereocenters. The lowest BCUT2D eigenvalue weighted by Crippen LogP contribution is -2.38. The molecule has 4 heteroatoms. The number of alkyl halides is 3. The van der Waals surface area contributed by atoms with E-state index in [4.69, 9.17) is 11.6 Å². The van der Waals surface area contributed by atoms with Crippen LogP contribution in [0.15, 0.2) is 0 Å². The molecule has 1 fully saturated rings. The standard InChI is InChI=1S/C10H17ClF2O/c1-6-3-7(2)5-8(4-6)9(14)10(11,12)13/h6-9,14H,3-5H2,1-2H3. The van der Waals surface area contributed by atoms with Gasteiger partial charge >= 0.3 is 5.38 Å². The van der Waals surface area contributed by atoms with Crippen molar-refractivity contribution < 1.29 is 13.9 Å². The summed E-state index contributed by atoms with van der Waals surface area (Å²) in [6.07, 6.45) is 0.646. The Balaban J connectivity index is 2.59. The number of hydrogen-bond donors (Lipinski definition) is 1. The summed E-state index contributed by atoms with van der Waals surface area (Å²) in [5, 5.41) is 5.88. The second-order valence-electron chi connectivity index (χ2n) is 4.66. The summed E-state index contributed by atoms with van der Waals surface area (Å²) in [7, 11) is 0. The molecule has 1 saturated carbocycles. The van der Waals surface area contributed by atoms with Crippen LogP contribution in [0, 0.1) is 17.8 Å². The van der Waals surface area contributed by atoms with Crippen molar-refractivity contribution in [3.05, 3.63) is 0 Å². The Morgan fingerprint density at radius 2 is 1.64 bits per heavy atom. The normalized spacial score (nSPS) is 36.9. The lowest BCUT2D eigenvalue weighted by Gasteiger charge is -2.35. The van der Waals surface area contributed by atoms with Crippen LogP contribution in [0.2, 0.25) is 0 Å². The average molecular weight is 227 g/mol. The SMILES string of the molecule is CC1CC(C)CC(C(O)C(F)(F)Cl)C1. The van der Waals surface area contributed by atoms with Crippen molar-refractivity contribution in [3.8, 4) is 0 Å². The highest BCUT2D eigenvalue weighted by Crippen LogP contribution is 2.40. The number of aliphatic hydroxyl groups is 1. The van der Waals surface area contributed by atoms with Gasteiger partial charge in [-0.25, -0.2) is 0 Å². The van der Waals surface area contributed by atoms with Crippen molar-refractivity contribution >= 4 is 11.6 Å². The van der Waals surface area contributed by atoms with E-state index in [2.05, 4.69) is 0 Å². The maximum absolute atomic E-state index is 12.7. The number of halogens is 3. The molecule has 0 aliphatic heterocycles. The van der Waals surface area contributed by atoms with Gasteiger partial charge in [-0.3, -0.25) is 0 Å². The van der Waals surface area contributed by atoms with Crippen LogP contribution >= 0.6 is 11.6 Å². The third-order valence-corrected chi connectivity index (χ3v) is 3.22. The Labute approximate surface area is 88.4 Å². The molecule has 1 rings (SSSR count). The van der Waals surface area contributed by atoms with Crippen LogP contribution in [0.3, 0.4) is 0 Å².